The molecule has 13 rings (SSSR count). The van der Waals surface area contributed by atoms with Gasteiger partial charge >= 0.3 is 11.7 Å². The lowest BCUT2D eigenvalue weighted by molar-refractivity contribution is 0.642. The van der Waals surface area contributed by atoms with Gasteiger partial charge in [0.05, 0.1) is 33.1 Å². The fourth-order valence-electron chi connectivity index (χ4n) is 8.99. The molecule has 6 heterocycles. The number of fused-ring (bicyclic) bond motifs is 14. The van der Waals surface area contributed by atoms with Crippen LogP contribution in [0.3, 0.4) is 0 Å². The Morgan fingerprint density at radius 3 is 1.36 bits per heavy atom. The fourth-order valence-corrected chi connectivity index (χ4v) is 8.99. The van der Waals surface area contributed by atoms with Crippen LogP contribution in [0, 0.1) is 0 Å². The van der Waals surface area contributed by atoms with Gasteiger partial charge in [0.15, 0.2) is 11.2 Å². The number of rotatable bonds is 2. The molecule has 2 aliphatic heterocycles. The van der Waals surface area contributed by atoms with E-state index in [1.54, 1.807) is 0 Å². The molecular weight excluding hydrogens is 655 g/mol. The summed E-state index contributed by atoms with van der Waals surface area (Å²) in [6.07, 6.45) is 0. The molecule has 8 nitrogen and oxygen atoms in total. The number of nitrogens with zero attached hydrogens (tertiary/aromatic N) is 6. The van der Waals surface area contributed by atoms with Crippen LogP contribution in [0.15, 0.2) is 160 Å². The van der Waals surface area contributed by atoms with Crippen molar-refractivity contribution in [3.63, 3.8) is 0 Å². The second-order valence-electron chi connectivity index (χ2n) is 13.9. The van der Waals surface area contributed by atoms with E-state index in [1.807, 2.05) is 36.4 Å². The Morgan fingerprint density at radius 1 is 0.415 bits per heavy atom. The Labute approximate surface area is 301 Å². The van der Waals surface area contributed by atoms with E-state index in [4.69, 9.17) is 18.8 Å². The summed E-state index contributed by atoms with van der Waals surface area (Å²) in [7, 11) is 0. The Bertz CT molecular complexity index is 3110. The third kappa shape index (κ3) is 3.50. The minimum Gasteiger partial charge on any atom is -0.423 e. The zero-order chi connectivity index (χ0) is 34.4. The van der Waals surface area contributed by atoms with Gasteiger partial charge in [-0.2, -0.15) is 9.97 Å². The van der Waals surface area contributed by atoms with E-state index >= 15 is 0 Å². The standard InChI is InChI=1S/C44H25BN6O2/c1-3-12-26(13-4-1)48-34-18-11-19-35-42(34)45(28-22-30-38(24-36(28)48)50-32-16-7-9-20-40(32)52-43(50)46-30)29-23-31-39(25-37(29)49(35)27-14-5-2-6-15-27)51-33-17-8-10-21-41(33)53-44(51)47-31/h1-25H. The number of aromatic nitrogens is 4. The molecule has 0 saturated heterocycles. The Balaban J connectivity index is 1.17. The first-order valence-corrected chi connectivity index (χ1v) is 17.8. The Kier molecular flexibility index (Phi) is 5.05. The quantitative estimate of drug-likeness (QED) is 0.170. The van der Waals surface area contributed by atoms with Gasteiger partial charge < -0.3 is 18.6 Å². The van der Waals surface area contributed by atoms with E-state index in [0.29, 0.717) is 11.7 Å². The van der Waals surface area contributed by atoms with Gasteiger partial charge in [-0.25, -0.2) is 0 Å². The van der Waals surface area contributed by atoms with Crippen molar-refractivity contribution < 1.29 is 8.83 Å². The zero-order valence-corrected chi connectivity index (χ0v) is 28.0. The summed E-state index contributed by atoms with van der Waals surface area (Å²) >= 11 is 0. The molecule has 0 radical (unpaired) electrons. The number of imidazole rings is 2. The van der Waals surface area contributed by atoms with Crippen molar-refractivity contribution in [1.29, 1.82) is 0 Å². The highest BCUT2D eigenvalue weighted by Crippen LogP contribution is 2.45. The molecule has 9 heteroatoms. The van der Waals surface area contributed by atoms with Crippen molar-refractivity contribution in [1.82, 2.24) is 18.8 Å². The lowest BCUT2D eigenvalue weighted by Gasteiger charge is -2.44. The van der Waals surface area contributed by atoms with E-state index in [2.05, 4.69) is 134 Å². The van der Waals surface area contributed by atoms with Gasteiger partial charge in [-0.15, -0.1) is 0 Å². The van der Waals surface area contributed by atoms with Crippen LogP contribution in [-0.2, 0) is 0 Å². The highest BCUT2D eigenvalue weighted by Gasteiger charge is 2.44. The molecule has 0 amide bonds. The maximum absolute atomic E-state index is 6.29. The summed E-state index contributed by atoms with van der Waals surface area (Å²) in [6, 6.07) is 53.4. The Morgan fingerprint density at radius 2 is 0.868 bits per heavy atom. The predicted molar refractivity (Wildman–Crippen MR) is 213 cm³/mol. The summed E-state index contributed by atoms with van der Waals surface area (Å²) in [5.74, 6) is 1.17. The first-order chi connectivity index (χ1) is 26.3. The topological polar surface area (TPSA) is 67.4 Å². The maximum Gasteiger partial charge on any atom is 0.307 e. The number of anilines is 6. The minimum atomic E-state index is -0.102. The van der Waals surface area contributed by atoms with Crippen LogP contribution >= 0.6 is 0 Å². The molecule has 0 N–H and O–H groups in total. The summed E-state index contributed by atoms with van der Waals surface area (Å²) in [6.45, 7) is -0.102. The largest absolute Gasteiger partial charge is 0.423 e. The first kappa shape index (κ1) is 27.5. The van der Waals surface area contributed by atoms with Gasteiger partial charge in [0.25, 0.3) is 6.71 Å². The second-order valence-corrected chi connectivity index (χ2v) is 13.9. The minimum absolute atomic E-state index is 0.102. The van der Waals surface area contributed by atoms with E-state index in [0.717, 1.165) is 78.4 Å². The smallest absolute Gasteiger partial charge is 0.307 e. The molecule has 0 unspecified atom stereocenters. The van der Waals surface area contributed by atoms with Crippen molar-refractivity contribution in [3.8, 4) is 0 Å². The molecule has 7 aromatic carbocycles. The highest BCUT2D eigenvalue weighted by atomic mass is 16.4. The van der Waals surface area contributed by atoms with Gasteiger partial charge in [-0.3, -0.25) is 8.80 Å². The molecule has 0 bridgehead atoms. The average molecular weight is 681 g/mol. The summed E-state index contributed by atoms with van der Waals surface area (Å²) in [5.41, 5.74) is 17.7. The third-order valence-electron chi connectivity index (χ3n) is 11.1. The molecule has 0 atom stereocenters. The van der Waals surface area contributed by atoms with Crippen LogP contribution in [-0.4, -0.2) is 25.5 Å². The molecule has 0 spiro atoms. The third-order valence-corrected chi connectivity index (χ3v) is 11.1. The number of para-hydroxylation sites is 6. The van der Waals surface area contributed by atoms with Gasteiger partial charge in [0, 0.05) is 34.1 Å². The van der Waals surface area contributed by atoms with Crippen LogP contribution in [0.25, 0.3) is 56.0 Å². The molecule has 0 fully saturated rings. The monoisotopic (exact) mass is 680 g/mol. The molecular formula is C44H25BN6O2. The molecule has 0 saturated carbocycles. The van der Waals surface area contributed by atoms with E-state index < -0.39 is 0 Å². The van der Waals surface area contributed by atoms with Gasteiger partial charge in [0.1, 0.15) is 0 Å². The molecule has 4 aromatic heterocycles. The van der Waals surface area contributed by atoms with Crippen molar-refractivity contribution in [2.24, 2.45) is 0 Å². The zero-order valence-electron chi connectivity index (χ0n) is 28.0. The van der Waals surface area contributed by atoms with Crippen molar-refractivity contribution in [2.45, 2.75) is 0 Å². The maximum atomic E-state index is 6.29. The number of hydrogen-bond donors (Lipinski definition) is 0. The summed E-state index contributed by atoms with van der Waals surface area (Å²) < 4.78 is 16.9. The Hall–Kier alpha value is -7.26. The number of oxazole rings is 2. The van der Waals surface area contributed by atoms with Crippen LogP contribution in [0.4, 0.5) is 34.1 Å². The molecule has 53 heavy (non-hydrogen) atoms. The van der Waals surface area contributed by atoms with Crippen molar-refractivity contribution in [2.75, 3.05) is 9.80 Å². The van der Waals surface area contributed by atoms with E-state index in [1.165, 1.54) is 16.4 Å². The van der Waals surface area contributed by atoms with Crippen LogP contribution in [0.2, 0.25) is 0 Å². The molecule has 246 valence electrons. The van der Waals surface area contributed by atoms with Crippen LogP contribution in [0.5, 0.6) is 0 Å². The van der Waals surface area contributed by atoms with Crippen molar-refractivity contribution >= 4 is 113 Å². The fraction of sp³-hybridized carbons (Fsp3) is 0. The van der Waals surface area contributed by atoms with E-state index in [9.17, 15) is 0 Å². The molecule has 0 aliphatic carbocycles. The van der Waals surface area contributed by atoms with E-state index in [-0.39, 0.29) is 6.71 Å². The number of hydrogen-bond acceptors (Lipinski definition) is 6. The first-order valence-electron chi connectivity index (χ1n) is 17.8. The van der Waals surface area contributed by atoms with Gasteiger partial charge in [0.2, 0.25) is 0 Å². The lowest BCUT2D eigenvalue weighted by Crippen LogP contribution is -2.61. The lowest BCUT2D eigenvalue weighted by atomic mass is 9.33. The van der Waals surface area contributed by atoms with Crippen LogP contribution in [0.1, 0.15) is 0 Å². The van der Waals surface area contributed by atoms with Gasteiger partial charge in [-0.05, 0) is 101 Å². The van der Waals surface area contributed by atoms with Crippen molar-refractivity contribution in [3.05, 3.63) is 152 Å². The predicted octanol–water partition coefficient (Wildman–Crippen LogP) is 8.86. The van der Waals surface area contributed by atoms with Crippen LogP contribution < -0.4 is 26.2 Å². The highest BCUT2D eigenvalue weighted by molar-refractivity contribution is 7.00. The number of benzene rings is 7. The molecule has 2 aliphatic rings. The summed E-state index contributed by atoms with van der Waals surface area (Å²) in [5, 5.41) is 0. The molecule has 11 aromatic rings. The normalized spacial score (nSPS) is 13.5. The SMILES string of the molecule is c1ccc(N2c3cc4c(cc3B3c5cc6nc7oc8ccccc8n7c6cc5N(c5ccccc5)c5cccc2c53)nc2oc3ccccc3n24)cc1. The second kappa shape index (κ2) is 9.74. The van der Waals surface area contributed by atoms with Gasteiger partial charge in [-0.1, -0.05) is 66.7 Å². The average Bonchev–Trinajstić information content (AvgIpc) is 3.94. The summed E-state index contributed by atoms with van der Waals surface area (Å²) in [4.78, 5) is 15.0.